The maximum absolute atomic E-state index is 12.5. The fraction of sp³-hybridized carbons (Fsp3) is 0.364. The zero-order valence-corrected chi connectivity index (χ0v) is 10.1. The van der Waals surface area contributed by atoms with E-state index >= 15 is 0 Å². The van der Waals surface area contributed by atoms with Crippen molar-refractivity contribution >= 4 is 11.9 Å². The number of imide groups is 1. The van der Waals surface area contributed by atoms with E-state index in [2.05, 4.69) is 15.6 Å². The number of nitrogens with one attached hydrogen (secondary N) is 2. The number of hydrogen-bond donors (Lipinski definition) is 2. The predicted octanol–water partition coefficient (Wildman–Crippen LogP) is 0.834. The van der Waals surface area contributed by atoms with E-state index in [9.17, 15) is 14.0 Å². The highest BCUT2D eigenvalue weighted by Crippen LogP contribution is 2.10. The number of aromatic nitrogens is 1. The van der Waals surface area contributed by atoms with Crippen molar-refractivity contribution in [3.63, 3.8) is 0 Å². The summed E-state index contributed by atoms with van der Waals surface area (Å²) >= 11 is 0. The second-order valence-corrected chi connectivity index (χ2v) is 3.43. The van der Waals surface area contributed by atoms with Gasteiger partial charge in [-0.3, -0.25) is 10.1 Å². The number of ether oxygens (including phenoxy) is 1. The topological polar surface area (TPSA) is 80.3 Å². The maximum atomic E-state index is 12.5. The standard InChI is InChI=1S/C11H14FN3O3/c1-3-13-11(17)15-10(16)7(2)18-8-4-5-9(12)14-6-8/h4-7H,3H2,1-2H3,(H2,13,15,16,17). The van der Waals surface area contributed by atoms with Gasteiger partial charge in [0.05, 0.1) is 6.20 Å². The number of hydrogen-bond acceptors (Lipinski definition) is 4. The van der Waals surface area contributed by atoms with E-state index in [1.54, 1.807) is 6.92 Å². The molecular weight excluding hydrogens is 241 g/mol. The fourth-order valence-electron chi connectivity index (χ4n) is 1.11. The van der Waals surface area contributed by atoms with E-state index < -0.39 is 24.0 Å². The Labute approximate surface area is 104 Å². The molecule has 0 spiro atoms. The maximum Gasteiger partial charge on any atom is 0.321 e. The van der Waals surface area contributed by atoms with E-state index in [-0.39, 0.29) is 5.75 Å². The number of rotatable bonds is 4. The summed E-state index contributed by atoms with van der Waals surface area (Å²) < 4.78 is 17.7. The molecule has 0 radical (unpaired) electrons. The molecule has 0 saturated carbocycles. The number of carbonyl (C=O) groups excluding carboxylic acids is 2. The van der Waals surface area contributed by atoms with Crippen LogP contribution in [-0.4, -0.2) is 29.6 Å². The molecule has 1 unspecified atom stereocenters. The molecule has 1 aromatic rings. The third-order valence-corrected chi connectivity index (χ3v) is 1.96. The van der Waals surface area contributed by atoms with E-state index in [0.717, 1.165) is 12.3 Å². The zero-order chi connectivity index (χ0) is 13.5. The molecule has 0 fully saturated rings. The largest absolute Gasteiger partial charge is 0.479 e. The highest BCUT2D eigenvalue weighted by atomic mass is 19.1. The number of pyridine rings is 1. The van der Waals surface area contributed by atoms with Gasteiger partial charge in [0.2, 0.25) is 5.95 Å². The molecule has 6 nitrogen and oxygen atoms in total. The van der Waals surface area contributed by atoms with Gasteiger partial charge in [-0.15, -0.1) is 0 Å². The molecule has 0 aliphatic rings. The minimum absolute atomic E-state index is 0.245. The Bertz CT molecular complexity index is 422. The molecule has 0 aromatic carbocycles. The average molecular weight is 255 g/mol. The van der Waals surface area contributed by atoms with Crippen molar-refractivity contribution in [2.24, 2.45) is 0 Å². The first kappa shape index (κ1) is 13.9. The van der Waals surface area contributed by atoms with Crippen molar-refractivity contribution in [2.75, 3.05) is 6.54 Å². The minimum Gasteiger partial charge on any atom is -0.479 e. The van der Waals surface area contributed by atoms with Gasteiger partial charge in [-0.1, -0.05) is 0 Å². The van der Waals surface area contributed by atoms with Crippen molar-refractivity contribution in [3.05, 3.63) is 24.3 Å². The van der Waals surface area contributed by atoms with Gasteiger partial charge in [-0.2, -0.15) is 4.39 Å². The number of halogens is 1. The molecule has 0 aliphatic heterocycles. The lowest BCUT2D eigenvalue weighted by molar-refractivity contribution is -0.126. The van der Waals surface area contributed by atoms with Crippen molar-refractivity contribution in [1.82, 2.24) is 15.6 Å². The SMILES string of the molecule is CCNC(=O)NC(=O)C(C)Oc1ccc(F)nc1. The lowest BCUT2D eigenvalue weighted by atomic mass is 10.3. The lowest BCUT2D eigenvalue weighted by Gasteiger charge is -2.13. The van der Waals surface area contributed by atoms with Crippen LogP contribution in [0.5, 0.6) is 5.75 Å². The smallest absolute Gasteiger partial charge is 0.321 e. The van der Waals surface area contributed by atoms with Gasteiger partial charge in [0.25, 0.3) is 5.91 Å². The van der Waals surface area contributed by atoms with Crippen LogP contribution in [0.4, 0.5) is 9.18 Å². The normalized spacial score (nSPS) is 11.5. The highest BCUT2D eigenvalue weighted by molar-refractivity contribution is 5.96. The van der Waals surface area contributed by atoms with Crippen molar-refractivity contribution in [2.45, 2.75) is 20.0 Å². The molecule has 1 atom stereocenters. The summed E-state index contributed by atoms with van der Waals surface area (Å²) in [7, 11) is 0. The lowest BCUT2D eigenvalue weighted by Crippen LogP contribution is -2.45. The Morgan fingerprint density at radius 1 is 1.50 bits per heavy atom. The first-order valence-electron chi connectivity index (χ1n) is 5.39. The Kier molecular flexibility index (Phi) is 5.04. The number of urea groups is 1. The van der Waals surface area contributed by atoms with Gasteiger partial charge in [0.15, 0.2) is 6.10 Å². The van der Waals surface area contributed by atoms with Crippen LogP contribution < -0.4 is 15.4 Å². The molecule has 1 rings (SSSR count). The summed E-state index contributed by atoms with van der Waals surface area (Å²) in [6.45, 7) is 3.61. The monoisotopic (exact) mass is 255 g/mol. The molecule has 2 N–H and O–H groups in total. The predicted molar refractivity (Wildman–Crippen MR) is 61.5 cm³/mol. The summed E-state index contributed by atoms with van der Waals surface area (Å²) in [5.74, 6) is -0.984. The van der Waals surface area contributed by atoms with Crippen LogP contribution in [0.3, 0.4) is 0 Å². The Morgan fingerprint density at radius 3 is 2.78 bits per heavy atom. The van der Waals surface area contributed by atoms with Crippen LogP contribution in [0.1, 0.15) is 13.8 Å². The van der Waals surface area contributed by atoms with E-state index in [1.165, 1.54) is 13.0 Å². The average Bonchev–Trinajstić information content (AvgIpc) is 2.32. The Balaban J connectivity index is 2.49. The van der Waals surface area contributed by atoms with Gasteiger partial charge >= 0.3 is 6.03 Å². The number of amides is 3. The van der Waals surface area contributed by atoms with E-state index in [0.29, 0.717) is 6.54 Å². The summed E-state index contributed by atoms with van der Waals surface area (Å²) in [5, 5.41) is 4.52. The van der Waals surface area contributed by atoms with Crippen LogP contribution >= 0.6 is 0 Å². The third-order valence-electron chi connectivity index (χ3n) is 1.96. The molecule has 18 heavy (non-hydrogen) atoms. The van der Waals surface area contributed by atoms with Gasteiger partial charge in [0, 0.05) is 6.54 Å². The second kappa shape index (κ2) is 6.53. The van der Waals surface area contributed by atoms with Crippen LogP contribution in [0, 0.1) is 5.95 Å². The molecule has 98 valence electrons. The van der Waals surface area contributed by atoms with E-state index in [1.807, 2.05) is 0 Å². The van der Waals surface area contributed by atoms with Crippen molar-refractivity contribution in [3.8, 4) is 5.75 Å². The molecule has 0 saturated heterocycles. The first-order chi connectivity index (χ1) is 8.52. The molecule has 0 bridgehead atoms. The fourth-order valence-corrected chi connectivity index (χ4v) is 1.11. The quantitative estimate of drug-likeness (QED) is 0.781. The zero-order valence-electron chi connectivity index (χ0n) is 10.1. The van der Waals surface area contributed by atoms with Gasteiger partial charge in [-0.05, 0) is 26.0 Å². The molecule has 1 heterocycles. The number of carbonyl (C=O) groups is 2. The molecule has 3 amide bonds. The molecular formula is C11H14FN3O3. The van der Waals surface area contributed by atoms with Crippen molar-refractivity contribution < 1.29 is 18.7 Å². The highest BCUT2D eigenvalue weighted by Gasteiger charge is 2.17. The minimum atomic E-state index is -0.889. The summed E-state index contributed by atoms with van der Waals surface area (Å²) in [4.78, 5) is 26.0. The summed E-state index contributed by atoms with van der Waals surface area (Å²) in [6, 6.07) is 1.87. The van der Waals surface area contributed by atoms with Gasteiger partial charge in [0.1, 0.15) is 5.75 Å². The van der Waals surface area contributed by atoms with Crippen LogP contribution in [0.2, 0.25) is 0 Å². The Hall–Kier alpha value is -2.18. The molecule has 1 aromatic heterocycles. The second-order valence-electron chi connectivity index (χ2n) is 3.43. The summed E-state index contributed by atoms with van der Waals surface area (Å²) in [5.41, 5.74) is 0. The Morgan fingerprint density at radius 2 is 2.22 bits per heavy atom. The van der Waals surface area contributed by atoms with Gasteiger partial charge in [-0.25, -0.2) is 9.78 Å². The van der Waals surface area contributed by atoms with Crippen LogP contribution in [0.15, 0.2) is 18.3 Å². The van der Waals surface area contributed by atoms with Gasteiger partial charge < -0.3 is 10.1 Å². The first-order valence-corrected chi connectivity index (χ1v) is 5.39. The summed E-state index contributed by atoms with van der Waals surface area (Å²) in [6.07, 6.45) is 0.269. The molecule has 7 heteroatoms. The van der Waals surface area contributed by atoms with E-state index in [4.69, 9.17) is 4.74 Å². The van der Waals surface area contributed by atoms with Crippen LogP contribution in [-0.2, 0) is 4.79 Å². The molecule has 0 aliphatic carbocycles. The number of nitrogens with zero attached hydrogens (tertiary/aromatic N) is 1. The van der Waals surface area contributed by atoms with Crippen molar-refractivity contribution in [1.29, 1.82) is 0 Å². The third kappa shape index (κ3) is 4.36. The van der Waals surface area contributed by atoms with Crippen LogP contribution in [0.25, 0.3) is 0 Å².